The lowest BCUT2D eigenvalue weighted by Gasteiger charge is -2.19. The van der Waals surface area contributed by atoms with Gasteiger partial charge in [-0.1, -0.05) is 35.9 Å². The fourth-order valence-corrected chi connectivity index (χ4v) is 3.35. The van der Waals surface area contributed by atoms with Crippen LogP contribution in [-0.2, 0) is 10.5 Å². The van der Waals surface area contributed by atoms with Crippen LogP contribution in [0, 0.1) is 6.92 Å². The standard InChI is InChI=1S/C21H26N2O2S/c1-4-23(5-2)21(25)18-7-6-8-19(13-18)22-20(24)15-26-14-17-11-9-16(3)10-12-17/h6-13H,4-5,14-15H2,1-3H3,(H,22,24). The molecule has 0 heterocycles. The summed E-state index contributed by atoms with van der Waals surface area (Å²) in [6.07, 6.45) is 0. The maximum atomic E-state index is 12.4. The Morgan fingerprint density at radius 1 is 1.04 bits per heavy atom. The van der Waals surface area contributed by atoms with Gasteiger partial charge in [-0.3, -0.25) is 9.59 Å². The Balaban J connectivity index is 1.87. The summed E-state index contributed by atoms with van der Waals surface area (Å²) in [4.78, 5) is 26.3. The SMILES string of the molecule is CCN(CC)C(=O)c1cccc(NC(=O)CSCc2ccc(C)cc2)c1. The molecule has 0 bridgehead atoms. The van der Waals surface area contributed by atoms with E-state index in [0.29, 0.717) is 30.1 Å². The number of aryl methyl sites for hydroxylation is 1. The first-order valence-corrected chi connectivity index (χ1v) is 10.0. The molecule has 0 saturated carbocycles. The fraction of sp³-hybridized carbons (Fsp3) is 0.333. The van der Waals surface area contributed by atoms with Crippen molar-refractivity contribution in [2.75, 3.05) is 24.2 Å². The summed E-state index contributed by atoms with van der Waals surface area (Å²) >= 11 is 1.57. The number of amides is 2. The molecule has 1 N–H and O–H groups in total. The maximum Gasteiger partial charge on any atom is 0.253 e. The highest BCUT2D eigenvalue weighted by atomic mass is 32.2. The average molecular weight is 371 g/mol. The predicted octanol–water partition coefficient (Wildman–Crippen LogP) is 4.35. The van der Waals surface area contributed by atoms with Gasteiger partial charge in [0.05, 0.1) is 5.75 Å². The second-order valence-electron chi connectivity index (χ2n) is 6.08. The summed E-state index contributed by atoms with van der Waals surface area (Å²) in [5, 5.41) is 2.88. The minimum atomic E-state index is -0.0606. The van der Waals surface area contributed by atoms with Gasteiger partial charge >= 0.3 is 0 Å². The van der Waals surface area contributed by atoms with Crippen molar-refractivity contribution in [3.8, 4) is 0 Å². The summed E-state index contributed by atoms with van der Waals surface area (Å²) in [6, 6.07) is 15.5. The van der Waals surface area contributed by atoms with Gasteiger partial charge in [0.25, 0.3) is 5.91 Å². The molecule has 0 aliphatic rings. The van der Waals surface area contributed by atoms with E-state index in [4.69, 9.17) is 0 Å². The number of carbonyl (C=O) groups excluding carboxylic acids is 2. The van der Waals surface area contributed by atoms with Gasteiger partial charge in [0.2, 0.25) is 5.91 Å². The van der Waals surface area contributed by atoms with Crippen LogP contribution in [0.4, 0.5) is 5.69 Å². The lowest BCUT2D eigenvalue weighted by atomic mass is 10.1. The molecule has 0 radical (unpaired) electrons. The quantitative estimate of drug-likeness (QED) is 0.751. The van der Waals surface area contributed by atoms with E-state index in [1.807, 2.05) is 19.9 Å². The predicted molar refractivity (Wildman–Crippen MR) is 110 cm³/mol. The van der Waals surface area contributed by atoms with Gasteiger partial charge in [0.1, 0.15) is 0 Å². The largest absolute Gasteiger partial charge is 0.339 e. The Kier molecular flexibility index (Phi) is 7.73. The monoisotopic (exact) mass is 370 g/mol. The van der Waals surface area contributed by atoms with Crippen molar-refractivity contribution >= 4 is 29.3 Å². The molecule has 5 heteroatoms. The number of carbonyl (C=O) groups is 2. The topological polar surface area (TPSA) is 49.4 Å². The van der Waals surface area contributed by atoms with E-state index in [1.54, 1.807) is 34.9 Å². The first-order valence-electron chi connectivity index (χ1n) is 8.86. The van der Waals surface area contributed by atoms with Crippen molar-refractivity contribution in [1.29, 1.82) is 0 Å². The molecular formula is C21H26N2O2S. The van der Waals surface area contributed by atoms with Crippen LogP contribution in [0.3, 0.4) is 0 Å². The summed E-state index contributed by atoms with van der Waals surface area (Å²) in [7, 11) is 0. The van der Waals surface area contributed by atoms with Crippen LogP contribution in [0.15, 0.2) is 48.5 Å². The number of benzene rings is 2. The molecule has 26 heavy (non-hydrogen) atoms. The zero-order valence-corrected chi connectivity index (χ0v) is 16.4. The first-order chi connectivity index (χ1) is 12.5. The van der Waals surface area contributed by atoms with Crippen molar-refractivity contribution in [2.45, 2.75) is 26.5 Å². The number of rotatable bonds is 8. The van der Waals surface area contributed by atoms with Crippen LogP contribution < -0.4 is 5.32 Å². The maximum absolute atomic E-state index is 12.4. The van der Waals surface area contributed by atoms with Crippen molar-refractivity contribution in [3.63, 3.8) is 0 Å². The molecule has 0 atom stereocenters. The van der Waals surface area contributed by atoms with Gasteiger partial charge in [-0.2, -0.15) is 0 Å². The third-order valence-electron chi connectivity index (χ3n) is 4.07. The molecule has 2 amide bonds. The van der Waals surface area contributed by atoms with Crippen LogP contribution >= 0.6 is 11.8 Å². The van der Waals surface area contributed by atoms with Gasteiger partial charge in [-0.25, -0.2) is 0 Å². The molecule has 2 aromatic rings. The third kappa shape index (κ3) is 5.92. The highest BCUT2D eigenvalue weighted by Crippen LogP contribution is 2.16. The molecule has 0 spiro atoms. The van der Waals surface area contributed by atoms with Gasteiger partial charge in [-0.05, 0) is 44.5 Å². The molecule has 0 aromatic heterocycles. The summed E-state index contributed by atoms with van der Waals surface area (Å²) < 4.78 is 0. The number of anilines is 1. The number of nitrogens with one attached hydrogen (secondary N) is 1. The van der Waals surface area contributed by atoms with Crippen molar-refractivity contribution in [2.24, 2.45) is 0 Å². The van der Waals surface area contributed by atoms with E-state index in [-0.39, 0.29) is 11.8 Å². The Labute approximate surface area is 160 Å². The number of hydrogen-bond acceptors (Lipinski definition) is 3. The van der Waals surface area contributed by atoms with Crippen LogP contribution in [0.2, 0.25) is 0 Å². The van der Waals surface area contributed by atoms with Crippen molar-refractivity contribution < 1.29 is 9.59 Å². The Morgan fingerprint density at radius 2 is 1.73 bits per heavy atom. The van der Waals surface area contributed by atoms with Crippen LogP contribution in [0.1, 0.15) is 35.3 Å². The minimum Gasteiger partial charge on any atom is -0.339 e. The lowest BCUT2D eigenvalue weighted by Crippen LogP contribution is -2.30. The normalized spacial score (nSPS) is 10.4. The van der Waals surface area contributed by atoms with E-state index in [9.17, 15) is 9.59 Å². The molecule has 138 valence electrons. The van der Waals surface area contributed by atoms with Crippen LogP contribution in [0.25, 0.3) is 0 Å². The molecular weight excluding hydrogens is 344 g/mol. The van der Waals surface area contributed by atoms with Gasteiger partial charge in [0, 0.05) is 30.1 Å². The first kappa shape index (κ1) is 20.0. The highest BCUT2D eigenvalue weighted by molar-refractivity contribution is 7.99. The van der Waals surface area contributed by atoms with Gasteiger partial charge in [0.15, 0.2) is 0 Å². The molecule has 0 fully saturated rings. The lowest BCUT2D eigenvalue weighted by molar-refractivity contribution is -0.113. The molecule has 2 aromatic carbocycles. The highest BCUT2D eigenvalue weighted by Gasteiger charge is 2.13. The fourth-order valence-electron chi connectivity index (χ4n) is 2.57. The van der Waals surface area contributed by atoms with Gasteiger partial charge in [-0.15, -0.1) is 11.8 Å². The Hall–Kier alpha value is -2.27. The van der Waals surface area contributed by atoms with Crippen molar-refractivity contribution in [1.82, 2.24) is 4.90 Å². The number of nitrogens with zero attached hydrogens (tertiary/aromatic N) is 1. The smallest absolute Gasteiger partial charge is 0.253 e. The van der Waals surface area contributed by atoms with Crippen LogP contribution in [0.5, 0.6) is 0 Å². The molecule has 0 aliphatic carbocycles. The molecule has 2 rings (SSSR count). The Morgan fingerprint density at radius 3 is 2.38 bits per heavy atom. The molecule has 0 saturated heterocycles. The zero-order valence-electron chi connectivity index (χ0n) is 15.6. The average Bonchev–Trinajstić information content (AvgIpc) is 2.64. The Bertz CT molecular complexity index is 740. The van der Waals surface area contributed by atoms with E-state index < -0.39 is 0 Å². The summed E-state index contributed by atoms with van der Waals surface area (Å²) in [5.74, 6) is 1.10. The zero-order chi connectivity index (χ0) is 18.9. The second-order valence-corrected chi connectivity index (χ2v) is 7.07. The third-order valence-corrected chi connectivity index (χ3v) is 5.07. The second kappa shape index (κ2) is 10.0. The minimum absolute atomic E-state index is 0.0140. The van der Waals surface area contributed by atoms with Crippen molar-refractivity contribution in [3.05, 3.63) is 65.2 Å². The van der Waals surface area contributed by atoms with E-state index in [2.05, 4.69) is 36.5 Å². The van der Waals surface area contributed by atoms with Crippen LogP contribution in [-0.4, -0.2) is 35.6 Å². The summed E-state index contributed by atoms with van der Waals surface area (Å²) in [6.45, 7) is 7.31. The van der Waals surface area contributed by atoms with E-state index in [0.717, 1.165) is 5.75 Å². The van der Waals surface area contributed by atoms with Gasteiger partial charge < -0.3 is 10.2 Å². The number of hydrogen-bond donors (Lipinski definition) is 1. The van der Waals surface area contributed by atoms with E-state index in [1.165, 1.54) is 11.1 Å². The molecule has 0 aliphatic heterocycles. The summed E-state index contributed by atoms with van der Waals surface area (Å²) in [5.41, 5.74) is 3.69. The van der Waals surface area contributed by atoms with E-state index >= 15 is 0 Å². The molecule has 4 nitrogen and oxygen atoms in total. The molecule has 0 unspecified atom stereocenters. The number of thioether (sulfide) groups is 1.